The van der Waals surface area contributed by atoms with Crippen LogP contribution >= 0.6 is 0 Å². The average Bonchev–Trinajstić information content (AvgIpc) is 2.19. The Morgan fingerprint density at radius 1 is 1.22 bits per heavy atom. The highest BCUT2D eigenvalue weighted by atomic mass is 16.4. The number of hydrogen-bond acceptors (Lipinski definition) is 3. The third-order valence-corrected chi connectivity index (χ3v) is 1.93. The van der Waals surface area contributed by atoms with Crippen LogP contribution in [-0.4, -0.2) is 28.1 Å². The molecule has 0 aliphatic heterocycles. The Kier molecular flexibility index (Phi) is 7.19. The van der Waals surface area contributed by atoms with Gasteiger partial charge in [-0.25, -0.2) is 0 Å². The van der Waals surface area contributed by atoms with Crippen molar-refractivity contribution in [2.75, 3.05) is 0 Å². The van der Waals surface area contributed by atoms with E-state index in [2.05, 4.69) is 5.32 Å². The zero-order valence-electron chi connectivity index (χ0n) is 10.8. The smallest absolute Gasteiger partial charge is 0.300 e. The molecule has 1 rings (SSSR count). The fourth-order valence-electron chi connectivity index (χ4n) is 1.38. The van der Waals surface area contributed by atoms with Gasteiger partial charge in [0, 0.05) is 19.9 Å². The second-order valence-electron chi connectivity index (χ2n) is 3.99. The zero-order valence-corrected chi connectivity index (χ0v) is 10.8. The molecular weight excluding hydrogens is 234 g/mol. The monoisotopic (exact) mass is 253 g/mol. The summed E-state index contributed by atoms with van der Waals surface area (Å²) in [6.07, 6.45) is 0.778. The third kappa shape index (κ3) is 9.21. The molecule has 0 aromatic heterocycles. The fourth-order valence-corrected chi connectivity index (χ4v) is 1.38. The molecule has 1 unspecified atom stereocenters. The number of hydrogen-bond donors (Lipinski definition) is 3. The maximum absolute atomic E-state index is 10.7. The van der Waals surface area contributed by atoms with Crippen LogP contribution in [-0.2, 0) is 16.0 Å². The molecule has 0 saturated carbocycles. The van der Waals surface area contributed by atoms with Crippen LogP contribution in [0.2, 0.25) is 0 Å². The highest BCUT2D eigenvalue weighted by Gasteiger charge is 2.04. The van der Waals surface area contributed by atoms with Crippen molar-refractivity contribution in [2.24, 2.45) is 0 Å². The molecule has 0 heterocycles. The maximum Gasteiger partial charge on any atom is 0.300 e. The van der Waals surface area contributed by atoms with Crippen molar-refractivity contribution in [1.82, 2.24) is 5.32 Å². The molecule has 100 valence electrons. The summed E-state index contributed by atoms with van der Waals surface area (Å²) in [6, 6.07) is 7.13. The van der Waals surface area contributed by atoms with Crippen molar-refractivity contribution in [3.8, 4) is 5.75 Å². The lowest BCUT2D eigenvalue weighted by Gasteiger charge is -2.12. The van der Waals surface area contributed by atoms with Gasteiger partial charge in [-0.3, -0.25) is 9.59 Å². The minimum Gasteiger partial charge on any atom is -0.508 e. The number of aliphatic carboxylic acids is 1. The normalized spacial score (nSPS) is 10.8. The molecule has 18 heavy (non-hydrogen) atoms. The van der Waals surface area contributed by atoms with Crippen molar-refractivity contribution in [2.45, 2.75) is 33.2 Å². The van der Waals surface area contributed by atoms with Crippen molar-refractivity contribution in [3.63, 3.8) is 0 Å². The Morgan fingerprint density at radius 2 is 1.67 bits per heavy atom. The summed E-state index contributed by atoms with van der Waals surface area (Å²) in [7, 11) is 0. The number of rotatable bonds is 3. The molecule has 0 fully saturated rings. The first-order chi connectivity index (χ1) is 8.31. The second-order valence-corrected chi connectivity index (χ2v) is 3.99. The minimum atomic E-state index is -0.833. The number of carbonyl (C=O) groups excluding carboxylic acids is 1. The van der Waals surface area contributed by atoms with E-state index in [0.717, 1.165) is 18.9 Å². The summed E-state index contributed by atoms with van der Waals surface area (Å²) < 4.78 is 0. The van der Waals surface area contributed by atoms with Crippen LogP contribution in [0.15, 0.2) is 24.3 Å². The first-order valence-electron chi connectivity index (χ1n) is 5.55. The van der Waals surface area contributed by atoms with Crippen LogP contribution in [0.5, 0.6) is 5.75 Å². The lowest BCUT2D eigenvalue weighted by Crippen LogP contribution is -2.31. The number of amides is 1. The number of phenolic OH excluding ortho intramolecular Hbond substituents is 1. The second kappa shape index (κ2) is 8.11. The van der Waals surface area contributed by atoms with Crippen molar-refractivity contribution in [3.05, 3.63) is 29.8 Å². The van der Waals surface area contributed by atoms with Gasteiger partial charge in [-0.1, -0.05) is 12.1 Å². The van der Waals surface area contributed by atoms with E-state index in [9.17, 15) is 4.79 Å². The molecular formula is C13H19NO4. The Labute approximate surface area is 106 Å². The maximum atomic E-state index is 10.7. The Bertz CT molecular complexity index is 382. The largest absolute Gasteiger partial charge is 0.508 e. The Morgan fingerprint density at radius 3 is 2.06 bits per heavy atom. The van der Waals surface area contributed by atoms with Crippen LogP contribution < -0.4 is 5.32 Å². The van der Waals surface area contributed by atoms with Gasteiger partial charge in [0.05, 0.1) is 0 Å². The number of aromatic hydroxyl groups is 1. The first kappa shape index (κ1) is 16.0. The van der Waals surface area contributed by atoms with E-state index in [4.69, 9.17) is 15.0 Å². The molecule has 1 aromatic rings. The van der Waals surface area contributed by atoms with Crippen molar-refractivity contribution < 1.29 is 19.8 Å². The van der Waals surface area contributed by atoms with E-state index < -0.39 is 5.97 Å². The van der Waals surface area contributed by atoms with Crippen molar-refractivity contribution >= 4 is 11.9 Å². The van der Waals surface area contributed by atoms with E-state index in [1.54, 1.807) is 12.1 Å². The number of carbonyl (C=O) groups is 2. The molecule has 0 saturated heterocycles. The number of carboxylic acids is 1. The Balaban J connectivity index is 0.000000631. The zero-order chi connectivity index (χ0) is 14.1. The lowest BCUT2D eigenvalue weighted by atomic mass is 10.1. The molecule has 1 amide bonds. The summed E-state index contributed by atoms with van der Waals surface area (Å²) in [4.78, 5) is 19.7. The van der Waals surface area contributed by atoms with Gasteiger partial charge in [0.1, 0.15) is 5.75 Å². The van der Waals surface area contributed by atoms with Crippen LogP contribution in [0.3, 0.4) is 0 Å². The van der Waals surface area contributed by atoms with E-state index in [1.165, 1.54) is 6.92 Å². The number of benzene rings is 1. The number of phenols is 1. The fraction of sp³-hybridized carbons (Fsp3) is 0.385. The van der Waals surface area contributed by atoms with Gasteiger partial charge in [0.15, 0.2) is 0 Å². The highest BCUT2D eigenvalue weighted by molar-refractivity contribution is 5.73. The van der Waals surface area contributed by atoms with Gasteiger partial charge in [0.2, 0.25) is 5.91 Å². The van der Waals surface area contributed by atoms with Gasteiger partial charge in [0.25, 0.3) is 5.97 Å². The molecule has 0 radical (unpaired) electrons. The summed E-state index contributed by atoms with van der Waals surface area (Å²) >= 11 is 0. The molecule has 0 aliphatic rings. The molecule has 1 aromatic carbocycles. The van der Waals surface area contributed by atoms with Crippen LogP contribution in [0, 0.1) is 0 Å². The van der Waals surface area contributed by atoms with Gasteiger partial charge < -0.3 is 15.5 Å². The average molecular weight is 253 g/mol. The minimum absolute atomic E-state index is 0.0173. The van der Waals surface area contributed by atoms with Crippen LogP contribution in [0.25, 0.3) is 0 Å². The molecule has 5 nitrogen and oxygen atoms in total. The standard InChI is InChI=1S/C11H15NO2.C2H4O2/c1-8(12-9(2)13)7-10-3-5-11(14)6-4-10;1-2(3)4/h3-6,8,14H,7H2,1-2H3,(H,12,13);1H3,(H,3,4). The van der Waals surface area contributed by atoms with Crippen LogP contribution in [0.4, 0.5) is 0 Å². The molecule has 3 N–H and O–H groups in total. The SMILES string of the molecule is CC(=O)NC(C)Cc1ccc(O)cc1.CC(=O)O. The van der Waals surface area contributed by atoms with Gasteiger partial charge in [-0.2, -0.15) is 0 Å². The number of carboxylic acid groups (broad SMARTS) is 1. The summed E-state index contributed by atoms with van der Waals surface area (Å²) in [5.74, 6) is -0.586. The molecule has 0 spiro atoms. The topological polar surface area (TPSA) is 86.6 Å². The van der Waals surface area contributed by atoms with Gasteiger partial charge in [-0.05, 0) is 31.0 Å². The lowest BCUT2D eigenvalue weighted by molar-refractivity contribution is -0.134. The van der Waals surface area contributed by atoms with Crippen molar-refractivity contribution in [1.29, 1.82) is 0 Å². The third-order valence-electron chi connectivity index (χ3n) is 1.93. The quantitative estimate of drug-likeness (QED) is 0.762. The summed E-state index contributed by atoms with van der Waals surface area (Å²) in [6.45, 7) is 4.54. The van der Waals surface area contributed by atoms with Gasteiger partial charge >= 0.3 is 0 Å². The molecule has 0 aliphatic carbocycles. The van der Waals surface area contributed by atoms with E-state index in [-0.39, 0.29) is 17.7 Å². The number of nitrogens with one attached hydrogen (secondary N) is 1. The summed E-state index contributed by atoms with van der Waals surface area (Å²) in [5, 5.41) is 19.3. The molecule has 5 heteroatoms. The van der Waals surface area contributed by atoms with E-state index >= 15 is 0 Å². The summed E-state index contributed by atoms with van der Waals surface area (Å²) in [5.41, 5.74) is 1.10. The van der Waals surface area contributed by atoms with Gasteiger partial charge in [-0.15, -0.1) is 0 Å². The highest BCUT2D eigenvalue weighted by Crippen LogP contribution is 2.10. The predicted octanol–water partition coefficient (Wildman–Crippen LogP) is 1.55. The van der Waals surface area contributed by atoms with E-state index in [1.807, 2.05) is 19.1 Å². The molecule has 1 atom stereocenters. The molecule has 0 bridgehead atoms. The predicted molar refractivity (Wildman–Crippen MR) is 68.4 cm³/mol. The first-order valence-corrected chi connectivity index (χ1v) is 5.55. The Hall–Kier alpha value is -2.04. The van der Waals surface area contributed by atoms with Crippen LogP contribution in [0.1, 0.15) is 26.3 Å². The van der Waals surface area contributed by atoms with E-state index in [0.29, 0.717) is 0 Å².